The molecule has 2 aromatic heterocycles. The van der Waals surface area contributed by atoms with Crippen molar-refractivity contribution in [1.29, 1.82) is 0 Å². The number of rotatable bonds is 6. The van der Waals surface area contributed by atoms with Gasteiger partial charge in [-0.3, -0.25) is 5.10 Å². The molecule has 3 heterocycles. The number of aromatic amines is 1. The monoisotopic (exact) mass is 483 g/mol. The number of amidine groups is 1. The van der Waals surface area contributed by atoms with Gasteiger partial charge in [-0.1, -0.05) is 0 Å². The summed E-state index contributed by atoms with van der Waals surface area (Å²) >= 11 is 0. The summed E-state index contributed by atoms with van der Waals surface area (Å²) < 4.78 is 36.1. The topological polar surface area (TPSA) is 120 Å². The molecule has 0 atom stereocenters. The van der Waals surface area contributed by atoms with Crippen molar-refractivity contribution in [3.8, 4) is 16.9 Å². The van der Waals surface area contributed by atoms with E-state index in [0.717, 1.165) is 36.8 Å². The van der Waals surface area contributed by atoms with Crippen LogP contribution in [0.5, 0.6) is 5.75 Å². The fraction of sp³-hybridized carbons (Fsp3) is 0.348. The molecule has 1 aliphatic carbocycles. The summed E-state index contributed by atoms with van der Waals surface area (Å²) in [5.41, 5.74) is 13.3. The maximum Gasteiger partial charge on any atom is 0.202 e. The minimum absolute atomic E-state index is 0.0805. The van der Waals surface area contributed by atoms with Gasteiger partial charge in [-0.25, -0.2) is 19.9 Å². The molecule has 184 valence electrons. The van der Waals surface area contributed by atoms with E-state index >= 15 is 8.78 Å². The van der Waals surface area contributed by atoms with Crippen LogP contribution >= 0.6 is 0 Å². The Morgan fingerprint density at radius 1 is 1.09 bits per heavy atom. The minimum atomic E-state index is -1.06. The van der Waals surface area contributed by atoms with E-state index in [1.54, 1.807) is 24.7 Å². The fourth-order valence-corrected chi connectivity index (χ4v) is 4.45. The molecule has 1 aromatic carbocycles. The van der Waals surface area contributed by atoms with Gasteiger partial charge in [-0.2, -0.15) is 9.49 Å². The van der Waals surface area contributed by atoms with Crippen LogP contribution in [0.15, 0.2) is 41.9 Å². The van der Waals surface area contributed by atoms with E-state index in [1.165, 1.54) is 17.1 Å². The molecule has 5 N–H and O–H groups in total. The van der Waals surface area contributed by atoms with Gasteiger partial charge < -0.3 is 15.4 Å². The number of ether oxygens (including phenoxy) is 1. The lowest BCUT2D eigenvalue weighted by molar-refractivity contribution is 0.107. The molecule has 35 heavy (non-hydrogen) atoms. The zero-order chi connectivity index (χ0) is 24.5. The van der Waals surface area contributed by atoms with Gasteiger partial charge in [0.2, 0.25) is 5.82 Å². The Balaban J connectivity index is 1.37. The van der Waals surface area contributed by atoms with Gasteiger partial charge in [0, 0.05) is 29.6 Å². The lowest BCUT2D eigenvalue weighted by Crippen LogP contribution is -2.42. The van der Waals surface area contributed by atoms with E-state index in [2.05, 4.69) is 50.3 Å². The van der Waals surface area contributed by atoms with Crippen molar-refractivity contribution in [1.82, 2.24) is 31.2 Å². The summed E-state index contributed by atoms with van der Waals surface area (Å²) in [5, 5.41) is 12.1. The van der Waals surface area contributed by atoms with Crippen molar-refractivity contribution in [3.63, 3.8) is 0 Å². The second-order valence-corrected chi connectivity index (χ2v) is 8.86. The Morgan fingerprint density at radius 2 is 1.89 bits per heavy atom. The number of H-pyrrole nitrogens is 1. The Morgan fingerprint density at radius 3 is 2.60 bits per heavy atom. The van der Waals surface area contributed by atoms with E-state index in [1.807, 2.05) is 0 Å². The number of hydrogen-bond acceptors (Lipinski definition) is 9. The van der Waals surface area contributed by atoms with E-state index < -0.39 is 11.6 Å². The fourth-order valence-electron chi connectivity index (χ4n) is 4.45. The van der Waals surface area contributed by atoms with Gasteiger partial charge in [0.15, 0.2) is 17.4 Å². The predicted molar refractivity (Wildman–Crippen MR) is 128 cm³/mol. The van der Waals surface area contributed by atoms with Crippen LogP contribution in [0.3, 0.4) is 0 Å². The number of hydrazone groups is 1. The number of nitrogens with one attached hydrogen (secondary N) is 3. The second-order valence-electron chi connectivity index (χ2n) is 8.86. The van der Waals surface area contributed by atoms with E-state index in [-0.39, 0.29) is 29.2 Å². The summed E-state index contributed by atoms with van der Waals surface area (Å²) in [6.45, 7) is 0. The van der Waals surface area contributed by atoms with Crippen molar-refractivity contribution in [2.45, 2.75) is 37.8 Å². The maximum atomic E-state index is 15.2. The van der Waals surface area contributed by atoms with Gasteiger partial charge >= 0.3 is 0 Å². The molecule has 3 aromatic rings. The molecule has 1 saturated carbocycles. The molecule has 10 nitrogen and oxygen atoms in total. The van der Waals surface area contributed by atoms with Crippen molar-refractivity contribution in [2.24, 2.45) is 5.10 Å². The van der Waals surface area contributed by atoms with E-state index in [0.29, 0.717) is 11.6 Å². The van der Waals surface area contributed by atoms with Gasteiger partial charge in [-0.15, -0.1) is 10.6 Å². The normalized spacial score (nSPS) is 20.1. The van der Waals surface area contributed by atoms with Crippen LogP contribution in [0.4, 0.5) is 20.3 Å². The number of anilines is 2. The average molecular weight is 484 g/mol. The van der Waals surface area contributed by atoms with Crippen LogP contribution in [0, 0.1) is 11.6 Å². The molecule has 0 bridgehead atoms. The average Bonchev–Trinajstić information content (AvgIpc) is 3.56. The van der Waals surface area contributed by atoms with Crippen LogP contribution in [0.1, 0.15) is 31.2 Å². The van der Waals surface area contributed by atoms with E-state index in [9.17, 15) is 0 Å². The van der Waals surface area contributed by atoms with Crippen molar-refractivity contribution >= 4 is 17.3 Å². The first-order valence-corrected chi connectivity index (χ1v) is 11.4. The largest absolute Gasteiger partial charge is 0.487 e. The number of aromatic nitrogens is 3. The third-order valence-corrected chi connectivity index (χ3v) is 6.46. The predicted octanol–water partition coefficient (Wildman–Crippen LogP) is 2.77. The van der Waals surface area contributed by atoms with Gasteiger partial charge in [-0.05, 0) is 58.0 Å². The first-order valence-electron chi connectivity index (χ1n) is 11.4. The number of halogens is 2. The van der Waals surface area contributed by atoms with Crippen LogP contribution < -0.4 is 26.5 Å². The summed E-state index contributed by atoms with van der Waals surface area (Å²) in [7, 11) is 4.10. The molecule has 1 fully saturated rings. The van der Waals surface area contributed by atoms with Crippen LogP contribution in [-0.2, 0) is 0 Å². The quantitative estimate of drug-likeness (QED) is 0.423. The molecule has 2 aliphatic rings. The van der Waals surface area contributed by atoms with Crippen LogP contribution in [0.25, 0.3) is 11.1 Å². The molecule has 0 amide bonds. The first kappa shape index (κ1) is 23.0. The zero-order valence-corrected chi connectivity index (χ0v) is 19.4. The molecule has 0 unspecified atom stereocenters. The zero-order valence-electron chi connectivity index (χ0n) is 19.4. The molecular weight excluding hydrogens is 456 g/mol. The number of nitrogen functional groups attached to an aromatic ring is 1. The van der Waals surface area contributed by atoms with Gasteiger partial charge in [0.25, 0.3) is 0 Å². The van der Waals surface area contributed by atoms with Crippen LogP contribution in [0.2, 0.25) is 0 Å². The van der Waals surface area contributed by atoms with Crippen molar-refractivity contribution in [2.75, 3.05) is 24.8 Å². The Kier molecular flexibility index (Phi) is 6.22. The highest BCUT2D eigenvalue weighted by atomic mass is 19.2. The molecule has 0 saturated heterocycles. The molecular formula is C23H27F2N9O. The highest BCUT2D eigenvalue weighted by Crippen LogP contribution is 2.33. The minimum Gasteiger partial charge on any atom is -0.487 e. The number of benzene rings is 1. The number of hydrazine groups is 2. The Labute approximate surface area is 201 Å². The smallest absolute Gasteiger partial charge is 0.202 e. The number of hydrogen-bond donors (Lipinski definition) is 4. The van der Waals surface area contributed by atoms with Crippen molar-refractivity contribution < 1.29 is 13.5 Å². The standard InChI is InChI=1S/C23H27F2N9O/c1-33(2)15-3-5-16(6-4-15)35-19-8-7-18(20(24)21(19)25)34-23(30-31-32-34)17-9-13(10-27-22(17)26)14-11-28-29-12-14/h7-12,15-16,31-32H,3-6H2,1-2H3,(H2,26,27)(H,28,29). The number of nitrogens with zero attached hydrogens (tertiary/aromatic N) is 5. The number of nitrogens with two attached hydrogens (primary N) is 1. The van der Waals surface area contributed by atoms with Crippen LogP contribution in [-0.4, -0.2) is 52.2 Å². The highest BCUT2D eigenvalue weighted by molar-refractivity contribution is 6.13. The first-order chi connectivity index (χ1) is 16.9. The van der Waals surface area contributed by atoms with Crippen molar-refractivity contribution in [3.05, 3.63) is 54.0 Å². The Hall–Kier alpha value is -3.77. The summed E-state index contributed by atoms with van der Waals surface area (Å²) in [5.74, 6) is -1.81. The molecule has 0 spiro atoms. The van der Waals surface area contributed by atoms with E-state index in [4.69, 9.17) is 10.5 Å². The third-order valence-electron chi connectivity index (χ3n) is 6.46. The molecule has 1 aliphatic heterocycles. The SMILES string of the molecule is CN(C)C1CCC(Oc2ccc(N3NNN=C3c3cc(-c4cn[nH]c4)cnc3N)c(F)c2F)CC1. The maximum absolute atomic E-state index is 15.2. The summed E-state index contributed by atoms with van der Waals surface area (Å²) in [6.07, 6.45) is 8.30. The lowest BCUT2D eigenvalue weighted by Gasteiger charge is -2.32. The second kappa shape index (κ2) is 9.47. The molecule has 5 rings (SSSR count). The third kappa shape index (κ3) is 4.49. The summed E-state index contributed by atoms with van der Waals surface area (Å²) in [4.78, 5) is 6.41. The summed E-state index contributed by atoms with van der Waals surface area (Å²) in [6, 6.07) is 5.12. The van der Waals surface area contributed by atoms with Gasteiger partial charge in [0.05, 0.1) is 17.9 Å². The number of pyridine rings is 1. The van der Waals surface area contributed by atoms with Gasteiger partial charge in [0.1, 0.15) is 11.5 Å². The lowest BCUT2D eigenvalue weighted by atomic mass is 9.92. The molecule has 12 heteroatoms. The highest BCUT2D eigenvalue weighted by Gasteiger charge is 2.30. The Bertz CT molecular complexity index is 1220. The molecule has 0 radical (unpaired) electrons.